The number of allylic oxidation sites excluding steroid dienone is 1. The maximum Gasteiger partial charge on any atom is 0.0681 e. The van der Waals surface area contributed by atoms with Crippen molar-refractivity contribution in [1.82, 2.24) is 0 Å². The molecular formula is C31H27NO. The normalized spacial score (nSPS) is 14.3. The van der Waals surface area contributed by atoms with Gasteiger partial charge in [0.15, 0.2) is 0 Å². The molecule has 0 bridgehead atoms. The lowest BCUT2D eigenvalue weighted by atomic mass is 9.94. The second kappa shape index (κ2) is 8.38. The van der Waals surface area contributed by atoms with Gasteiger partial charge in [-0.15, -0.1) is 0 Å². The Morgan fingerprint density at radius 2 is 1.21 bits per heavy atom. The number of benzene rings is 4. The molecule has 4 aromatic rings. The van der Waals surface area contributed by atoms with Gasteiger partial charge in [0.1, 0.15) is 0 Å². The van der Waals surface area contributed by atoms with Crippen molar-refractivity contribution in [3.8, 4) is 22.3 Å². The minimum absolute atomic E-state index is 0.0687. The summed E-state index contributed by atoms with van der Waals surface area (Å²) in [5.41, 5.74) is 14.2. The summed E-state index contributed by atoms with van der Waals surface area (Å²) in [7, 11) is 0. The van der Waals surface area contributed by atoms with Gasteiger partial charge in [0.25, 0.3) is 0 Å². The molecule has 2 nitrogen and oxygen atoms in total. The van der Waals surface area contributed by atoms with Gasteiger partial charge in [-0.25, -0.2) is 0 Å². The summed E-state index contributed by atoms with van der Waals surface area (Å²) in [6.07, 6.45) is 5.08. The van der Waals surface area contributed by atoms with E-state index in [1.807, 2.05) is 24.3 Å². The molecule has 0 aromatic heterocycles. The van der Waals surface area contributed by atoms with Crippen LogP contribution in [-0.4, -0.2) is 5.11 Å². The number of hydrogen-bond acceptors (Lipinski definition) is 2. The molecule has 33 heavy (non-hydrogen) atoms. The number of anilines is 2. The van der Waals surface area contributed by atoms with Crippen LogP contribution in [0.3, 0.4) is 0 Å². The third-order valence-corrected chi connectivity index (χ3v) is 6.98. The van der Waals surface area contributed by atoms with Crippen molar-refractivity contribution in [2.45, 2.75) is 32.3 Å². The Balaban J connectivity index is 1.32. The van der Waals surface area contributed by atoms with E-state index in [9.17, 15) is 5.11 Å². The van der Waals surface area contributed by atoms with Gasteiger partial charge in [0.05, 0.1) is 6.61 Å². The van der Waals surface area contributed by atoms with E-state index in [-0.39, 0.29) is 6.61 Å². The van der Waals surface area contributed by atoms with Gasteiger partial charge in [-0.1, -0.05) is 66.2 Å². The SMILES string of the molecule is OCc1ccc(Nc2ccc(-c3ccc4c(c3)C(=C3CCCC3)c3ccccc3-4)cc2)cc1. The van der Waals surface area contributed by atoms with Crippen molar-refractivity contribution in [3.63, 3.8) is 0 Å². The predicted molar refractivity (Wildman–Crippen MR) is 137 cm³/mol. The van der Waals surface area contributed by atoms with Crippen LogP contribution >= 0.6 is 0 Å². The maximum atomic E-state index is 9.22. The monoisotopic (exact) mass is 429 g/mol. The predicted octanol–water partition coefficient (Wildman–Crippen LogP) is 7.95. The van der Waals surface area contributed by atoms with Crippen LogP contribution in [-0.2, 0) is 6.61 Å². The Morgan fingerprint density at radius 3 is 1.91 bits per heavy atom. The number of rotatable bonds is 4. The highest BCUT2D eigenvalue weighted by Crippen LogP contribution is 2.49. The smallest absolute Gasteiger partial charge is 0.0681 e. The van der Waals surface area contributed by atoms with Crippen LogP contribution in [0.2, 0.25) is 0 Å². The minimum atomic E-state index is 0.0687. The summed E-state index contributed by atoms with van der Waals surface area (Å²) >= 11 is 0. The van der Waals surface area contributed by atoms with Crippen LogP contribution in [0.15, 0.2) is 96.6 Å². The molecule has 2 aliphatic carbocycles. The standard InChI is InChI=1S/C31H27NO/c33-20-21-9-14-25(15-10-21)32-26-16-11-22(12-17-26)24-13-18-28-27-7-3-4-8-29(27)31(30(28)19-24)23-5-1-2-6-23/h3-4,7-19,32-33H,1-2,5-6,20H2. The molecule has 1 saturated carbocycles. The van der Waals surface area contributed by atoms with Crippen LogP contribution in [0.5, 0.6) is 0 Å². The van der Waals surface area contributed by atoms with E-state index in [4.69, 9.17) is 0 Å². The van der Waals surface area contributed by atoms with Gasteiger partial charge < -0.3 is 10.4 Å². The highest BCUT2D eigenvalue weighted by molar-refractivity contribution is 6.03. The van der Waals surface area contributed by atoms with Crippen LogP contribution in [0.4, 0.5) is 11.4 Å². The zero-order valence-corrected chi connectivity index (χ0v) is 18.6. The maximum absolute atomic E-state index is 9.22. The first kappa shape index (κ1) is 20.0. The van der Waals surface area contributed by atoms with Gasteiger partial charge in [0.2, 0.25) is 0 Å². The van der Waals surface area contributed by atoms with E-state index in [2.05, 4.69) is 72.0 Å². The number of fused-ring (bicyclic) bond motifs is 3. The number of aliphatic hydroxyl groups excluding tert-OH is 1. The molecule has 2 heteroatoms. The summed E-state index contributed by atoms with van der Waals surface area (Å²) in [5.74, 6) is 0. The Kier molecular flexibility index (Phi) is 5.09. The van der Waals surface area contributed by atoms with E-state index < -0.39 is 0 Å². The minimum Gasteiger partial charge on any atom is -0.392 e. The first-order chi connectivity index (χ1) is 16.3. The Bertz CT molecular complexity index is 1340. The Labute approximate surface area is 195 Å². The molecular weight excluding hydrogens is 402 g/mol. The lowest BCUT2D eigenvalue weighted by molar-refractivity contribution is 0.282. The molecule has 162 valence electrons. The quantitative estimate of drug-likeness (QED) is 0.304. The van der Waals surface area contributed by atoms with Gasteiger partial charge in [-0.3, -0.25) is 0 Å². The van der Waals surface area contributed by atoms with Crippen molar-refractivity contribution in [2.75, 3.05) is 5.32 Å². The second-order valence-electron chi connectivity index (χ2n) is 9.05. The fourth-order valence-electron chi connectivity index (χ4n) is 5.29. The van der Waals surface area contributed by atoms with Crippen LogP contribution in [0.1, 0.15) is 42.4 Å². The average molecular weight is 430 g/mol. The van der Waals surface area contributed by atoms with Crippen molar-refractivity contribution in [2.24, 2.45) is 0 Å². The first-order valence-corrected chi connectivity index (χ1v) is 11.8. The van der Waals surface area contributed by atoms with Crippen LogP contribution < -0.4 is 5.32 Å². The molecule has 2 aliphatic rings. The largest absolute Gasteiger partial charge is 0.392 e. The molecule has 0 amide bonds. The zero-order valence-electron chi connectivity index (χ0n) is 18.6. The summed E-state index contributed by atoms with van der Waals surface area (Å²) in [4.78, 5) is 0. The molecule has 1 fully saturated rings. The Hall–Kier alpha value is -3.62. The van der Waals surface area contributed by atoms with E-state index in [0.717, 1.165) is 16.9 Å². The van der Waals surface area contributed by atoms with Crippen LogP contribution in [0, 0.1) is 0 Å². The summed E-state index contributed by atoms with van der Waals surface area (Å²) in [5, 5.41) is 12.7. The first-order valence-electron chi connectivity index (χ1n) is 11.8. The van der Waals surface area contributed by atoms with Crippen LogP contribution in [0.25, 0.3) is 27.8 Å². The molecule has 4 aromatic carbocycles. The zero-order chi connectivity index (χ0) is 22.2. The van der Waals surface area contributed by atoms with E-state index in [1.165, 1.54) is 64.6 Å². The average Bonchev–Trinajstić information content (AvgIpc) is 3.50. The third-order valence-electron chi connectivity index (χ3n) is 6.98. The summed E-state index contributed by atoms with van der Waals surface area (Å²) in [6.45, 7) is 0.0687. The molecule has 0 unspecified atom stereocenters. The lowest BCUT2D eigenvalue weighted by Crippen LogP contribution is -1.91. The molecule has 2 N–H and O–H groups in total. The third kappa shape index (κ3) is 3.67. The number of hydrogen-bond donors (Lipinski definition) is 2. The van der Waals surface area contributed by atoms with Crippen molar-refractivity contribution < 1.29 is 5.11 Å². The van der Waals surface area contributed by atoms with Crippen molar-refractivity contribution >= 4 is 16.9 Å². The number of aliphatic hydroxyl groups is 1. The van der Waals surface area contributed by atoms with Gasteiger partial charge in [-0.2, -0.15) is 0 Å². The highest BCUT2D eigenvalue weighted by Gasteiger charge is 2.27. The lowest BCUT2D eigenvalue weighted by Gasteiger charge is -2.11. The van der Waals surface area contributed by atoms with E-state index >= 15 is 0 Å². The van der Waals surface area contributed by atoms with E-state index in [1.54, 1.807) is 5.57 Å². The molecule has 0 atom stereocenters. The topological polar surface area (TPSA) is 32.3 Å². The van der Waals surface area contributed by atoms with Crippen molar-refractivity contribution in [3.05, 3.63) is 113 Å². The molecule has 0 radical (unpaired) electrons. The summed E-state index contributed by atoms with van der Waals surface area (Å²) < 4.78 is 0. The molecule has 0 saturated heterocycles. The summed E-state index contributed by atoms with van der Waals surface area (Å²) in [6, 6.07) is 32.4. The van der Waals surface area contributed by atoms with Gasteiger partial charge >= 0.3 is 0 Å². The molecule has 0 aliphatic heterocycles. The molecule has 6 rings (SSSR count). The Morgan fingerprint density at radius 1 is 0.606 bits per heavy atom. The van der Waals surface area contributed by atoms with E-state index in [0.29, 0.717) is 0 Å². The second-order valence-corrected chi connectivity index (χ2v) is 9.05. The highest BCUT2D eigenvalue weighted by atomic mass is 16.3. The molecule has 0 spiro atoms. The van der Waals surface area contributed by atoms with Crippen molar-refractivity contribution in [1.29, 1.82) is 0 Å². The van der Waals surface area contributed by atoms with Gasteiger partial charge in [0, 0.05) is 11.4 Å². The number of nitrogens with one attached hydrogen (secondary N) is 1. The fourth-order valence-corrected chi connectivity index (χ4v) is 5.29. The fraction of sp³-hybridized carbons (Fsp3) is 0.161. The van der Waals surface area contributed by atoms with Gasteiger partial charge in [-0.05, 0) is 101 Å². The molecule has 0 heterocycles.